The van der Waals surface area contributed by atoms with E-state index < -0.39 is 4.92 Å². The number of nitrogens with zero attached hydrogens (tertiary/aromatic N) is 3. The highest BCUT2D eigenvalue weighted by Crippen LogP contribution is 2.26. The molecule has 1 aromatic heterocycles. The van der Waals surface area contributed by atoms with Gasteiger partial charge >= 0.3 is 0 Å². The third-order valence-electron chi connectivity index (χ3n) is 4.26. The van der Waals surface area contributed by atoms with E-state index in [1.165, 1.54) is 12.1 Å². The lowest BCUT2D eigenvalue weighted by Gasteiger charge is -2.14. The summed E-state index contributed by atoms with van der Waals surface area (Å²) < 4.78 is 5.40. The molecule has 0 bridgehead atoms. The zero-order valence-corrected chi connectivity index (χ0v) is 13.7. The Morgan fingerprint density at radius 1 is 1.25 bits per heavy atom. The maximum absolute atomic E-state index is 10.8. The van der Waals surface area contributed by atoms with Gasteiger partial charge in [0.25, 0.3) is 5.69 Å². The zero-order chi connectivity index (χ0) is 17.1. The van der Waals surface area contributed by atoms with E-state index in [0.29, 0.717) is 18.0 Å². The summed E-state index contributed by atoms with van der Waals surface area (Å²) in [6, 6.07) is 8.53. The van der Waals surface area contributed by atoms with Crippen LogP contribution in [-0.2, 0) is 4.74 Å². The molecule has 1 N–H and O–H groups in total. The van der Waals surface area contributed by atoms with E-state index in [0.717, 1.165) is 36.3 Å². The molecule has 1 aliphatic carbocycles. The van der Waals surface area contributed by atoms with Gasteiger partial charge in [0.05, 0.1) is 11.0 Å². The predicted octanol–water partition coefficient (Wildman–Crippen LogP) is 3.34. The van der Waals surface area contributed by atoms with Crippen LogP contribution in [-0.4, -0.2) is 34.1 Å². The summed E-state index contributed by atoms with van der Waals surface area (Å²) in [7, 11) is 1.74. The predicted molar refractivity (Wildman–Crippen MR) is 90.9 cm³/mol. The second-order valence-electron chi connectivity index (χ2n) is 6.03. The van der Waals surface area contributed by atoms with Crippen LogP contribution in [0.15, 0.2) is 30.3 Å². The number of aryl methyl sites for hydroxylation is 1. The third kappa shape index (κ3) is 3.68. The van der Waals surface area contributed by atoms with Gasteiger partial charge in [0.2, 0.25) is 0 Å². The van der Waals surface area contributed by atoms with Crippen molar-refractivity contribution in [3.63, 3.8) is 0 Å². The molecule has 1 aliphatic rings. The van der Waals surface area contributed by atoms with E-state index in [9.17, 15) is 10.1 Å². The molecule has 1 saturated carbocycles. The van der Waals surface area contributed by atoms with Gasteiger partial charge in [-0.1, -0.05) is 0 Å². The number of methoxy groups -OCH3 is 1. The topological polar surface area (TPSA) is 90.2 Å². The van der Waals surface area contributed by atoms with Crippen molar-refractivity contribution in [2.24, 2.45) is 0 Å². The van der Waals surface area contributed by atoms with Crippen LogP contribution in [0.2, 0.25) is 0 Å². The number of rotatable bonds is 5. The minimum absolute atomic E-state index is 0.0568. The van der Waals surface area contributed by atoms with E-state index in [2.05, 4.69) is 15.3 Å². The summed E-state index contributed by atoms with van der Waals surface area (Å²) in [5.74, 6) is 1.34. The van der Waals surface area contributed by atoms with Gasteiger partial charge < -0.3 is 10.1 Å². The van der Waals surface area contributed by atoms with Crippen molar-refractivity contribution in [3.05, 3.63) is 46.1 Å². The molecule has 126 valence electrons. The molecule has 1 fully saturated rings. The maximum Gasteiger partial charge on any atom is 0.269 e. The number of anilines is 1. The van der Waals surface area contributed by atoms with Gasteiger partial charge in [-0.05, 0) is 38.3 Å². The molecule has 0 saturated heterocycles. The molecule has 0 amide bonds. The van der Waals surface area contributed by atoms with Gasteiger partial charge in [-0.3, -0.25) is 10.1 Å². The normalized spacial score (nSPS) is 20.1. The Morgan fingerprint density at radius 3 is 2.62 bits per heavy atom. The first kappa shape index (κ1) is 16.3. The van der Waals surface area contributed by atoms with Gasteiger partial charge in [0, 0.05) is 42.6 Å². The first-order valence-corrected chi connectivity index (χ1v) is 7.95. The molecule has 3 rings (SSSR count). The van der Waals surface area contributed by atoms with Crippen molar-refractivity contribution in [1.82, 2.24) is 9.97 Å². The Kier molecular flexibility index (Phi) is 4.71. The van der Waals surface area contributed by atoms with Crippen LogP contribution < -0.4 is 5.32 Å². The minimum Gasteiger partial charge on any atom is -0.381 e. The van der Waals surface area contributed by atoms with Crippen LogP contribution in [0.25, 0.3) is 11.4 Å². The fourth-order valence-corrected chi connectivity index (χ4v) is 3.00. The largest absolute Gasteiger partial charge is 0.381 e. The lowest BCUT2D eigenvalue weighted by atomic mass is 10.2. The van der Waals surface area contributed by atoms with Crippen molar-refractivity contribution in [2.45, 2.75) is 38.3 Å². The Labute approximate surface area is 140 Å². The third-order valence-corrected chi connectivity index (χ3v) is 4.26. The number of benzene rings is 1. The molecule has 2 aromatic rings. The average Bonchev–Trinajstić information content (AvgIpc) is 3.02. The molecule has 1 aromatic carbocycles. The van der Waals surface area contributed by atoms with Crippen LogP contribution >= 0.6 is 0 Å². The lowest BCUT2D eigenvalue weighted by Crippen LogP contribution is -2.18. The molecule has 1 heterocycles. The standard InChI is InChI=1S/C17H20N4O3/c1-11-9-16(19-13-5-8-15(10-13)24-2)20-17(18-11)12-3-6-14(7-4-12)21(22)23/h3-4,6-7,9,13,15H,5,8,10H2,1-2H3,(H,18,19,20). The molecule has 2 atom stereocenters. The number of nitro groups is 1. The Balaban J connectivity index is 1.79. The molecular weight excluding hydrogens is 308 g/mol. The van der Waals surface area contributed by atoms with Crippen molar-refractivity contribution < 1.29 is 9.66 Å². The first-order chi connectivity index (χ1) is 11.5. The van der Waals surface area contributed by atoms with Crippen LogP contribution in [0.5, 0.6) is 0 Å². The molecular formula is C17H20N4O3. The highest BCUT2D eigenvalue weighted by atomic mass is 16.6. The SMILES string of the molecule is COC1CCC(Nc2cc(C)nc(-c3ccc([N+](=O)[O-])cc3)n2)C1. The van der Waals surface area contributed by atoms with E-state index in [-0.39, 0.29) is 5.69 Å². The summed E-state index contributed by atoms with van der Waals surface area (Å²) >= 11 is 0. The summed E-state index contributed by atoms with van der Waals surface area (Å²) in [5, 5.41) is 14.2. The second kappa shape index (κ2) is 6.92. The Morgan fingerprint density at radius 2 is 2.00 bits per heavy atom. The van der Waals surface area contributed by atoms with Crippen molar-refractivity contribution in [3.8, 4) is 11.4 Å². The van der Waals surface area contributed by atoms with E-state index in [1.54, 1.807) is 19.2 Å². The van der Waals surface area contributed by atoms with Crippen LogP contribution in [0, 0.1) is 17.0 Å². The van der Waals surface area contributed by atoms with Crippen LogP contribution in [0.1, 0.15) is 25.0 Å². The summed E-state index contributed by atoms with van der Waals surface area (Å²) in [5.41, 5.74) is 1.66. The van der Waals surface area contributed by atoms with Crippen LogP contribution in [0.4, 0.5) is 11.5 Å². The van der Waals surface area contributed by atoms with Gasteiger partial charge in [-0.2, -0.15) is 0 Å². The molecule has 7 heteroatoms. The van der Waals surface area contributed by atoms with E-state index in [1.807, 2.05) is 13.0 Å². The monoisotopic (exact) mass is 328 g/mol. The molecule has 0 aliphatic heterocycles. The number of nitro benzene ring substituents is 1. The van der Waals surface area contributed by atoms with Gasteiger partial charge in [-0.15, -0.1) is 0 Å². The fourth-order valence-electron chi connectivity index (χ4n) is 3.00. The highest BCUT2D eigenvalue weighted by Gasteiger charge is 2.24. The number of ether oxygens (including phenoxy) is 1. The highest BCUT2D eigenvalue weighted by molar-refractivity contribution is 5.59. The van der Waals surface area contributed by atoms with Crippen molar-refractivity contribution in [1.29, 1.82) is 0 Å². The summed E-state index contributed by atoms with van der Waals surface area (Å²) in [6.07, 6.45) is 3.37. The molecule has 0 radical (unpaired) electrons. The van der Waals surface area contributed by atoms with Crippen LogP contribution in [0.3, 0.4) is 0 Å². The minimum atomic E-state index is -0.416. The average molecular weight is 328 g/mol. The number of aromatic nitrogens is 2. The number of nitrogens with one attached hydrogen (secondary N) is 1. The zero-order valence-electron chi connectivity index (χ0n) is 13.7. The summed E-state index contributed by atoms with van der Waals surface area (Å²) in [6.45, 7) is 1.91. The molecule has 7 nitrogen and oxygen atoms in total. The lowest BCUT2D eigenvalue weighted by molar-refractivity contribution is -0.384. The van der Waals surface area contributed by atoms with E-state index in [4.69, 9.17) is 4.74 Å². The van der Waals surface area contributed by atoms with Crippen molar-refractivity contribution >= 4 is 11.5 Å². The maximum atomic E-state index is 10.8. The smallest absolute Gasteiger partial charge is 0.269 e. The number of hydrogen-bond acceptors (Lipinski definition) is 6. The van der Waals surface area contributed by atoms with Gasteiger partial charge in [-0.25, -0.2) is 9.97 Å². The Hall–Kier alpha value is -2.54. The van der Waals surface area contributed by atoms with E-state index >= 15 is 0 Å². The summed E-state index contributed by atoms with van der Waals surface area (Å²) in [4.78, 5) is 19.3. The fraction of sp³-hybridized carbons (Fsp3) is 0.412. The molecule has 24 heavy (non-hydrogen) atoms. The first-order valence-electron chi connectivity index (χ1n) is 7.95. The van der Waals surface area contributed by atoms with Gasteiger partial charge in [0.1, 0.15) is 5.82 Å². The second-order valence-corrected chi connectivity index (χ2v) is 6.03. The number of hydrogen-bond donors (Lipinski definition) is 1. The van der Waals surface area contributed by atoms with Gasteiger partial charge in [0.15, 0.2) is 5.82 Å². The quantitative estimate of drug-likeness (QED) is 0.669. The molecule has 2 unspecified atom stereocenters. The van der Waals surface area contributed by atoms with Crippen molar-refractivity contribution in [2.75, 3.05) is 12.4 Å². The Bertz CT molecular complexity index is 733. The number of non-ortho nitro benzene ring substituents is 1. The molecule has 0 spiro atoms.